The summed E-state index contributed by atoms with van der Waals surface area (Å²) in [4.78, 5) is 5.02. The van der Waals surface area contributed by atoms with Crippen molar-refractivity contribution in [2.45, 2.75) is 38.1 Å². The molecular formula is C14H26N4. The van der Waals surface area contributed by atoms with Gasteiger partial charge in [0.2, 0.25) is 0 Å². The Morgan fingerprint density at radius 3 is 2.56 bits per heavy atom. The summed E-state index contributed by atoms with van der Waals surface area (Å²) in [6.45, 7) is 9.22. The standard InChI is InChI=1S/C14H26N4/c1-2-17-8-10-18(11-9-17)7-5-13-4-3-6-14(13,16)12-15/h13H,2-11,16H2,1H3. The second-order valence-electron chi connectivity index (χ2n) is 5.81. The molecule has 18 heavy (non-hydrogen) atoms. The van der Waals surface area contributed by atoms with Crippen LogP contribution in [0.3, 0.4) is 0 Å². The third-order valence-corrected chi connectivity index (χ3v) is 4.79. The van der Waals surface area contributed by atoms with E-state index < -0.39 is 5.54 Å². The van der Waals surface area contributed by atoms with Crippen LogP contribution in [0.5, 0.6) is 0 Å². The zero-order valence-corrected chi connectivity index (χ0v) is 11.6. The molecule has 2 aliphatic rings. The maximum Gasteiger partial charge on any atom is 0.107 e. The Hall–Kier alpha value is -0.630. The smallest absolute Gasteiger partial charge is 0.107 e. The maximum atomic E-state index is 9.20. The fourth-order valence-electron chi connectivity index (χ4n) is 3.32. The molecule has 0 aromatic heterocycles. The first-order valence-electron chi connectivity index (χ1n) is 7.33. The van der Waals surface area contributed by atoms with E-state index in [1.54, 1.807) is 0 Å². The van der Waals surface area contributed by atoms with E-state index in [2.05, 4.69) is 22.8 Å². The van der Waals surface area contributed by atoms with Crippen LogP contribution in [0.2, 0.25) is 0 Å². The van der Waals surface area contributed by atoms with E-state index >= 15 is 0 Å². The molecule has 0 spiro atoms. The Morgan fingerprint density at radius 2 is 1.94 bits per heavy atom. The molecule has 4 heteroatoms. The van der Waals surface area contributed by atoms with Crippen molar-refractivity contribution in [1.29, 1.82) is 5.26 Å². The number of nitrogens with zero attached hydrogens (tertiary/aromatic N) is 3. The van der Waals surface area contributed by atoms with E-state index in [1.165, 1.54) is 26.2 Å². The van der Waals surface area contributed by atoms with Crippen LogP contribution >= 0.6 is 0 Å². The van der Waals surface area contributed by atoms with Crippen molar-refractivity contribution >= 4 is 0 Å². The van der Waals surface area contributed by atoms with Crippen LogP contribution in [-0.2, 0) is 0 Å². The fraction of sp³-hybridized carbons (Fsp3) is 0.929. The molecule has 2 fully saturated rings. The largest absolute Gasteiger partial charge is 0.313 e. The summed E-state index contributed by atoms with van der Waals surface area (Å²) in [5, 5.41) is 9.20. The average molecular weight is 250 g/mol. The lowest BCUT2D eigenvalue weighted by atomic mass is 9.87. The van der Waals surface area contributed by atoms with Crippen molar-refractivity contribution < 1.29 is 0 Å². The van der Waals surface area contributed by atoms with Gasteiger partial charge in [-0.05, 0) is 38.3 Å². The Kier molecular flexibility index (Phi) is 4.60. The van der Waals surface area contributed by atoms with Crippen molar-refractivity contribution in [2.24, 2.45) is 11.7 Å². The molecule has 0 radical (unpaired) electrons. The lowest BCUT2D eigenvalue weighted by molar-refractivity contribution is 0.128. The summed E-state index contributed by atoms with van der Waals surface area (Å²) in [6, 6.07) is 2.35. The molecule has 1 saturated heterocycles. The molecular weight excluding hydrogens is 224 g/mol. The van der Waals surface area contributed by atoms with E-state index in [1.807, 2.05) is 0 Å². The van der Waals surface area contributed by atoms with Gasteiger partial charge in [0.05, 0.1) is 6.07 Å². The van der Waals surface area contributed by atoms with Crippen molar-refractivity contribution in [3.8, 4) is 6.07 Å². The zero-order valence-electron chi connectivity index (χ0n) is 11.6. The van der Waals surface area contributed by atoms with Crippen LogP contribution in [-0.4, -0.2) is 54.6 Å². The highest BCUT2D eigenvalue weighted by molar-refractivity contribution is 5.11. The number of rotatable bonds is 4. The highest BCUT2D eigenvalue weighted by atomic mass is 15.3. The van der Waals surface area contributed by atoms with Gasteiger partial charge in [-0.2, -0.15) is 5.26 Å². The summed E-state index contributed by atoms with van der Waals surface area (Å²) < 4.78 is 0. The molecule has 4 nitrogen and oxygen atoms in total. The van der Waals surface area contributed by atoms with Crippen molar-refractivity contribution in [3.63, 3.8) is 0 Å². The second kappa shape index (κ2) is 6.01. The van der Waals surface area contributed by atoms with Gasteiger partial charge in [0.15, 0.2) is 0 Å². The normalized spacial score (nSPS) is 34.6. The van der Waals surface area contributed by atoms with Gasteiger partial charge in [-0.25, -0.2) is 0 Å². The minimum absolute atomic E-state index is 0.409. The lowest BCUT2D eigenvalue weighted by Gasteiger charge is -2.35. The molecule has 2 unspecified atom stereocenters. The number of hydrogen-bond acceptors (Lipinski definition) is 4. The molecule has 1 aliphatic heterocycles. The van der Waals surface area contributed by atoms with Crippen LogP contribution in [0.25, 0.3) is 0 Å². The average Bonchev–Trinajstić information content (AvgIpc) is 2.79. The number of piperazine rings is 1. The van der Waals surface area contributed by atoms with Gasteiger partial charge in [0.25, 0.3) is 0 Å². The molecule has 1 saturated carbocycles. The quantitative estimate of drug-likeness (QED) is 0.810. The molecule has 102 valence electrons. The minimum Gasteiger partial charge on any atom is -0.313 e. The fourth-order valence-corrected chi connectivity index (χ4v) is 3.32. The van der Waals surface area contributed by atoms with Gasteiger partial charge in [-0.1, -0.05) is 13.3 Å². The van der Waals surface area contributed by atoms with Gasteiger partial charge in [0, 0.05) is 26.2 Å². The van der Waals surface area contributed by atoms with Crippen molar-refractivity contribution in [2.75, 3.05) is 39.3 Å². The monoisotopic (exact) mass is 250 g/mol. The van der Waals surface area contributed by atoms with E-state index in [0.717, 1.165) is 38.8 Å². The lowest BCUT2D eigenvalue weighted by Crippen LogP contribution is -2.48. The summed E-state index contributed by atoms with van der Waals surface area (Å²) in [5.41, 5.74) is 5.64. The van der Waals surface area contributed by atoms with Gasteiger partial charge in [0.1, 0.15) is 5.54 Å². The van der Waals surface area contributed by atoms with E-state index in [-0.39, 0.29) is 0 Å². The number of nitrogens with two attached hydrogens (primary N) is 1. The third-order valence-electron chi connectivity index (χ3n) is 4.79. The number of nitriles is 1. The summed E-state index contributed by atoms with van der Waals surface area (Å²) in [5.74, 6) is 0.409. The van der Waals surface area contributed by atoms with Gasteiger partial charge >= 0.3 is 0 Å². The topological polar surface area (TPSA) is 56.3 Å². The van der Waals surface area contributed by atoms with Crippen molar-refractivity contribution in [3.05, 3.63) is 0 Å². The molecule has 2 N–H and O–H groups in total. The van der Waals surface area contributed by atoms with Crippen LogP contribution in [0.15, 0.2) is 0 Å². The van der Waals surface area contributed by atoms with Gasteiger partial charge in [-0.15, -0.1) is 0 Å². The Morgan fingerprint density at radius 1 is 1.28 bits per heavy atom. The SMILES string of the molecule is CCN1CCN(CCC2CCCC2(N)C#N)CC1. The molecule has 2 atom stereocenters. The number of likely N-dealkylation sites (N-methyl/N-ethyl adjacent to an activating group) is 1. The maximum absolute atomic E-state index is 9.20. The van der Waals surface area contributed by atoms with Crippen LogP contribution < -0.4 is 5.73 Å². The first-order valence-corrected chi connectivity index (χ1v) is 7.33. The highest BCUT2D eigenvalue weighted by Gasteiger charge is 2.39. The Balaban J connectivity index is 1.74. The van der Waals surface area contributed by atoms with Crippen molar-refractivity contribution in [1.82, 2.24) is 9.80 Å². The van der Waals surface area contributed by atoms with Crippen LogP contribution in [0, 0.1) is 17.2 Å². The second-order valence-corrected chi connectivity index (χ2v) is 5.81. The van der Waals surface area contributed by atoms with E-state index in [4.69, 9.17) is 5.73 Å². The Bertz CT molecular complexity index is 303. The predicted molar refractivity (Wildman–Crippen MR) is 73.0 cm³/mol. The molecule has 2 rings (SSSR count). The minimum atomic E-state index is -0.536. The predicted octanol–water partition coefficient (Wildman–Crippen LogP) is 1.04. The molecule has 0 amide bonds. The summed E-state index contributed by atoms with van der Waals surface area (Å²) in [6.07, 6.45) is 4.24. The third kappa shape index (κ3) is 3.03. The zero-order chi connectivity index (χ0) is 13.0. The van der Waals surface area contributed by atoms with Gasteiger partial charge in [-0.3, -0.25) is 0 Å². The number of hydrogen-bond donors (Lipinski definition) is 1. The Labute approximate surface area is 111 Å². The molecule has 1 aliphatic carbocycles. The van der Waals surface area contributed by atoms with Crippen LogP contribution in [0.4, 0.5) is 0 Å². The van der Waals surface area contributed by atoms with Crippen LogP contribution in [0.1, 0.15) is 32.6 Å². The highest BCUT2D eigenvalue weighted by Crippen LogP contribution is 2.35. The first-order chi connectivity index (χ1) is 8.68. The molecule has 0 aromatic rings. The first kappa shape index (κ1) is 13.8. The summed E-state index contributed by atoms with van der Waals surface area (Å²) >= 11 is 0. The molecule has 1 heterocycles. The summed E-state index contributed by atoms with van der Waals surface area (Å²) in [7, 11) is 0. The van der Waals surface area contributed by atoms with E-state index in [9.17, 15) is 5.26 Å². The molecule has 0 aromatic carbocycles. The van der Waals surface area contributed by atoms with E-state index in [0.29, 0.717) is 5.92 Å². The van der Waals surface area contributed by atoms with Gasteiger partial charge < -0.3 is 15.5 Å². The molecule has 0 bridgehead atoms.